The van der Waals surface area contributed by atoms with Crippen LogP contribution < -0.4 is 10.1 Å². The maximum absolute atomic E-state index is 6.22. The van der Waals surface area contributed by atoms with Crippen molar-refractivity contribution in [3.8, 4) is 5.75 Å². The molecule has 3 aromatic rings. The van der Waals surface area contributed by atoms with Crippen LogP contribution in [0.5, 0.6) is 5.75 Å². The lowest BCUT2D eigenvalue weighted by Gasteiger charge is -2.14. The van der Waals surface area contributed by atoms with E-state index in [4.69, 9.17) is 27.9 Å². The van der Waals surface area contributed by atoms with Gasteiger partial charge in [0.05, 0.1) is 0 Å². The van der Waals surface area contributed by atoms with Gasteiger partial charge in [0.2, 0.25) is 0 Å². The molecule has 0 aliphatic rings. The maximum Gasteiger partial charge on any atom is 0.124 e. The van der Waals surface area contributed by atoms with Gasteiger partial charge in [0.1, 0.15) is 12.4 Å². The first kappa shape index (κ1) is 20.2. The van der Waals surface area contributed by atoms with Crippen molar-refractivity contribution in [1.29, 1.82) is 0 Å². The van der Waals surface area contributed by atoms with Crippen LogP contribution in [0.15, 0.2) is 71.2 Å². The van der Waals surface area contributed by atoms with E-state index in [0.29, 0.717) is 6.61 Å². The minimum absolute atomic E-state index is 0.444. The van der Waals surface area contributed by atoms with Crippen molar-refractivity contribution < 1.29 is 4.74 Å². The zero-order valence-corrected chi connectivity index (χ0v) is 17.8. The number of benzene rings is 3. The van der Waals surface area contributed by atoms with Crippen molar-refractivity contribution in [3.63, 3.8) is 0 Å². The van der Waals surface area contributed by atoms with Gasteiger partial charge in [-0.2, -0.15) is 0 Å². The lowest BCUT2D eigenvalue weighted by molar-refractivity contribution is 0.302. The molecule has 3 aromatic carbocycles. The van der Waals surface area contributed by atoms with Gasteiger partial charge in [0.15, 0.2) is 0 Å². The Balaban J connectivity index is 1.57. The first-order valence-corrected chi connectivity index (χ1v) is 10.3. The number of hydrogen-bond donors (Lipinski definition) is 1. The van der Waals surface area contributed by atoms with Gasteiger partial charge >= 0.3 is 0 Å². The van der Waals surface area contributed by atoms with Crippen LogP contribution in [0.3, 0.4) is 0 Å². The quantitative estimate of drug-likeness (QED) is 0.376. The molecule has 0 aliphatic heterocycles. The topological polar surface area (TPSA) is 21.3 Å². The molecule has 0 fully saturated rings. The lowest BCUT2D eigenvalue weighted by atomic mass is 10.1. The van der Waals surface area contributed by atoms with E-state index >= 15 is 0 Å². The summed E-state index contributed by atoms with van der Waals surface area (Å²) in [4.78, 5) is 0. The minimum Gasteiger partial charge on any atom is -0.489 e. The largest absolute Gasteiger partial charge is 0.489 e. The first-order chi connectivity index (χ1) is 13.1. The van der Waals surface area contributed by atoms with Crippen LogP contribution in [0.1, 0.15) is 16.7 Å². The average molecular weight is 465 g/mol. The average Bonchev–Trinajstić information content (AvgIpc) is 2.67. The monoisotopic (exact) mass is 463 g/mol. The van der Waals surface area contributed by atoms with Crippen LogP contribution in [0.25, 0.3) is 0 Å². The Bertz CT molecular complexity index is 884. The number of ether oxygens (including phenoxy) is 1. The summed E-state index contributed by atoms with van der Waals surface area (Å²) in [6.45, 7) is 2.04. The summed E-state index contributed by atoms with van der Waals surface area (Å²) in [5.41, 5.74) is 3.34. The maximum atomic E-state index is 6.22. The van der Waals surface area contributed by atoms with E-state index in [2.05, 4.69) is 39.4 Å². The van der Waals surface area contributed by atoms with E-state index in [1.807, 2.05) is 48.5 Å². The van der Waals surface area contributed by atoms with Crippen molar-refractivity contribution in [2.24, 2.45) is 0 Å². The van der Waals surface area contributed by atoms with E-state index in [9.17, 15) is 0 Å². The standard InChI is InChI=1S/C22H20BrCl2NO/c23-19-7-10-22(27-15-17-3-1-2-4-21(17)25)18(13-19)14-26-12-11-16-5-8-20(24)9-6-16/h1-10,13,26H,11-12,14-15H2. The molecule has 2 nitrogen and oxygen atoms in total. The van der Waals surface area contributed by atoms with Crippen LogP contribution >= 0.6 is 39.1 Å². The highest BCUT2D eigenvalue weighted by Gasteiger charge is 2.07. The van der Waals surface area contributed by atoms with E-state index in [-0.39, 0.29) is 0 Å². The minimum atomic E-state index is 0.444. The van der Waals surface area contributed by atoms with Gasteiger partial charge in [-0.05, 0) is 54.9 Å². The molecule has 0 spiro atoms. The normalized spacial score (nSPS) is 10.8. The van der Waals surface area contributed by atoms with E-state index in [0.717, 1.165) is 50.9 Å². The molecule has 0 radical (unpaired) electrons. The Labute approximate surface area is 178 Å². The van der Waals surface area contributed by atoms with E-state index in [1.54, 1.807) is 0 Å². The van der Waals surface area contributed by atoms with Crippen LogP contribution in [-0.2, 0) is 19.6 Å². The SMILES string of the molecule is Clc1ccc(CCNCc2cc(Br)ccc2OCc2ccccc2Cl)cc1. The highest BCUT2D eigenvalue weighted by Crippen LogP contribution is 2.25. The Kier molecular flexibility index (Phi) is 7.59. The van der Waals surface area contributed by atoms with Gasteiger partial charge in [-0.1, -0.05) is 69.5 Å². The third-order valence-corrected chi connectivity index (χ3v) is 5.30. The zero-order chi connectivity index (χ0) is 19.1. The molecule has 0 atom stereocenters. The second-order valence-corrected chi connectivity index (χ2v) is 7.94. The van der Waals surface area contributed by atoms with E-state index < -0.39 is 0 Å². The van der Waals surface area contributed by atoms with Gasteiger partial charge in [0, 0.05) is 32.2 Å². The molecule has 5 heteroatoms. The molecular weight excluding hydrogens is 445 g/mol. The molecule has 0 amide bonds. The van der Waals surface area contributed by atoms with Gasteiger partial charge in [0.25, 0.3) is 0 Å². The Hall–Kier alpha value is -1.52. The predicted molar refractivity (Wildman–Crippen MR) is 117 cm³/mol. The summed E-state index contributed by atoms with van der Waals surface area (Å²) in [7, 11) is 0. The molecule has 3 rings (SSSR count). The molecule has 0 saturated carbocycles. The summed E-state index contributed by atoms with van der Waals surface area (Å²) >= 11 is 15.7. The molecule has 0 heterocycles. The molecule has 27 heavy (non-hydrogen) atoms. The lowest BCUT2D eigenvalue weighted by Crippen LogP contribution is -2.17. The number of hydrogen-bond acceptors (Lipinski definition) is 2. The Morgan fingerprint density at radius 3 is 2.44 bits per heavy atom. The molecule has 1 N–H and O–H groups in total. The second-order valence-electron chi connectivity index (χ2n) is 6.19. The van der Waals surface area contributed by atoms with Crippen molar-refractivity contribution in [2.75, 3.05) is 6.54 Å². The second kappa shape index (κ2) is 10.1. The van der Waals surface area contributed by atoms with Gasteiger partial charge in [-0.15, -0.1) is 0 Å². The molecule has 0 saturated heterocycles. The summed E-state index contributed by atoms with van der Waals surface area (Å²) < 4.78 is 7.06. The molecule has 0 unspecified atom stereocenters. The third kappa shape index (κ3) is 6.25. The predicted octanol–water partition coefficient (Wildman–Crippen LogP) is 6.67. The number of halogens is 3. The zero-order valence-electron chi connectivity index (χ0n) is 14.7. The number of rotatable bonds is 8. The van der Waals surface area contributed by atoms with Gasteiger partial charge < -0.3 is 10.1 Å². The number of nitrogens with one attached hydrogen (secondary N) is 1. The summed E-state index contributed by atoms with van der Waals surface area (Å²) in [5.74, 6) is 0.858. The molecule has 0 aliphatic carbocycles. The van der Waals surface area contributed by atoms with Crippen molar-refractivity contribution in [1.82, 2.24) is 5.32 Å². The van der Waals surface area contributed by atoms with Crippen molar-refractivity contribution in [2.45, 2.75) is 19.6 Å². The van der Waals surface area contributed by atoms with Crippen molar-refractivity contribution >= 4 is 39.1 Å². The van der Waals surface area contributed by atoms with Gasteiger partial charge in [-0.3, -0.25) is 0 Å². The fourth-order valence-corrected chi connectivity index (χ4v) is 3.43. The highest BCUT2D eigenvalue weighted by molar-refractivity contribution is 9.10. The smallest absolute Gasteiger partial charge is 0.124 e. The third-order valence-electron chi connectivity index (χ3n) is 4.18. The molecular formula is C22H20BrCl2NO. The van der Waals surface area contributed by atoms with E-state index in [1.165, 1.54) is 5.56 Å². The summed E-state index contributed by atoms with van der Waals surface area (Å²) in [6.07, 6.45) is 0.945. The van der Waals surface area contributed by atoms with Crippen LogP contribution in [0, 0.1) is 0 Å². The Morgan fingerprint density at radius 1 is 0.889 bits per heavy atom. The van der Waals surface area contributed by atoms with Crippen LogP contribution in [0.4, 0.5) is 0 Å². The molecule has 0 bridgehead atoms. The van der Waals surface area contributed by atoms with Crippen LogP contribution in [0.2, 0.25) is 10.0 Å². The van der Waals surface area contributed by atoms with Gasteiger partial charge in [-0.25, -0.2) is 0 Å². The summed E-state index contributed by atoms with van der Waals surface area (Å²) in [6, 6.07) is 21.7. The molecule has 0 aromatic heterocycles. The Morgan fingerprint density at radius 2 is 1.67 bits per heavy atom. The fraction of sp³-hybridized carbons (Fsp3) is 0.182. The van der Waals surface area contributed by atoms with Crippen molar-refractivity contribution in [3.05, 3.63) is 97.9 Å². The fourth-order valence-electron chi connectivity index (χ4n) is 2.70. The van der Waals surface area contributed by atoms with Crippen LogP contribution in [-0.4, -0.2) is 6.54 Å². The highest BCUT2D eigenvalue weighted by atomic mass is 79.9. The summed E-state index contributed by atoms with van der Waals surface area (Å²) in [5, 5.41) is 4.97. The molecule has 140 valence electrons. The first-order valence-electron chi connectivity index (χ1n) is 8.71.